The molecule has 0 saturated carbocycles. The van der Waals surface area contributed by atoms with Gasteiger partial charge in [-0.3, -0.25) is 9.88 Å². The SMILES string of the molecule is CC1CCCN1Cc1ccc(-c2ccc(-c3n[nH]c(=O)[nH]3)cc2)cc1. The molecule has 3 aromatic rings. The fourth-order valence-corrected chi connectivity index (χ4v) is 3.49. The van der Waals surface area contributed by atoms with Gasteiger partial charge < -0.3 is 0 Å². The van der Waals surface area contributed by atoms with E-state index in [1.165, 1.54) is 30.5 Å². The molecule has 2 heterocycles. The van der Waals surface area contributed by atoms with E-state index < -0.39 is 0 Å². The van der Waals surface area contributed by atoms with Crippen molar-refractivity contribution in [2.45, 2.75) is 32.4 Å². The third-order valence-electron chi connectivity index (χ3n) is 5.02. The van der Waals surface area contributed by atoms with Gasteiger partial charge in [0.2, 0.25) is 0 Å². The van der Waals surface area contributed by atoms with Crippen LogP contribution in [0.25, 0.3) is 22.5 Å². The molecule has 0 spiro atoms. The minimum absolute atomic E-state index is 0.290. The number of hydrogen-bond acceptors (Lipinski definition) is 3. The average molecular weight is 334 g/mol. The van der Waals surface area contributed by atoms with Crippen molar-refractivity contribution in [3.8, 4) is 22.5 Å². The van der Waals surface area contributed by atoms with Crippen LogP contribution in [0.3, 0.4) is 0 Å². The molecule has 0 amide bonds. The Morgan fingerprint density at radius 1 is 1.04 bits per heavy atom. The predicted octanol–water partition coefficient (Wildman–Crippen LogP) is 3.42. The summed E-state index contributed by atoms with van der Waals surface area (Å²) < 4.78 is 0. The van der Waals surface area contributed by atoms with Crippen molar-refractivity contribution in [2.24, 2.45) is 0 Å². The van der Waals surface area contributed by atoms with Crippen LogP contribution in [0.5, 0.6) is 0 Å². The molecule has 1 atom stereocenters. The molecule has 25 heavy (non-hydrogen) atoms. The van der Waals surface area contributed by atoms with E-state index in [-0.39, 0.29) is 5.69 Å². The molecule has 0 radical (unpaired) electrons. The lowest BCUT2D eigenvalue weighted by molar-refractivity contribution is 0.260. The maximum absolute atomic E-state index is 11.2. The summed E-state index contributed by atoms with van der Waals surface area (Å²) in [6.07, 6.45) is 2.62. The number of nitrogens with zero attached hydrogens (tertiary/aromatic N) is 2. The van der Waals surface area contributed by atoms with Gasteiger partial charge in [0.25, 0.3) is 0 Å². The number of benzene rings is 2. The van der Waals surface area contributed by atoms with Crippen LogP contribution in [-0.2, 0) is 6.54 Å². The monoisotopic (exact) mass is 334 g/mol. The molecule has 128 valence electrons. The Hall–Kier alpha value is -2.66. The van der Waals surface area contributed by atoms with Crippen molar-refractivity contribution < 1.29 is 0 Å². The highest BCUT2D eigenvalue weighted by molar-refractivity contribution is 5.67. The van der Waals surface area contributed by atoms with Crippen LogP contribution in [0.1, 0.15) is 25.3 Å². The van der Waals surface area contributed by atoms with Gasteiger partial charge in [-0.2, -0.15) is 5.10 Å². The summed E-state index contributed by atoms with van der Waals surface area (Å²) in [7, 11) is 0. The molecule has 2 N–H and O–H groups in total. The molecule has 1 aromatic heterocycles. The predicted molar refractivity (Wildman–Crippen MR) is 99.2 cm³/mol. The van der Waals surface area contributed by atoms with E-state index in [1.807, 2.05) is 12.1 Å². The number of aromatic nitrogens is 3. The molecule has 1 aliphatic heterocycles. The maximum atomic E-state index is 11.2. The first kappa shape index (κ1) is 15.8. The number of likely N-dealkylation sites (tertiary alicyclic amines) is 1. The molecule has 1 unspecified atom stereocenters. The zero-order valence-electron chi connectivity index (χ0n) is 14.3. The smallest absolute Gasteiger partial charge is 0.296 e. The minimum atomic E-state index is -0.290. The molecule has 1 saturated heterocycles. The van der Waals surface area contributed by atoms with Crippen LogP contribution < -0.4 is 5.69 Å². The third kappa shape index (κ3) is 3.42. The summed E-state index contributed by atoms with van der Waals surface area (Å²) >= 11 is 0. The van der Waals surface area contributed by atoms with Gasteiger partial charge in [0, 0.05) is 18.2 Å². The van der Waals surface area contributed by atoms with Gasteiger partial charge in [-0.05, 0) is 43.0 Å². The number of aromatic amines is 2. The summed E-state index contributed by atoms with van der Waals surface area (Å²) in [6.45, 7) is 4.56. The van der Waals surface area contributed by atoms with E-state index in [2.05, 4.69) is 63.4 Å². The van der Waals surface area contributed by atoms with Crippen LogP contribution in [0.2, 0.25) is 0 Å². The Morgan fingerprint density at radius 2 is 1.68 bits per heavy atom. The van der Waals surface area contributed by atoms with Gasteiger partial charge in [-0.25, -0.2) is 9.89 Å². The van der Waals surface area contributed by atoms with Gasteiger partial charge in [0.05, 0.1) is 0 Å². The Bertz CT molecular complexity index is 892. The molecule has 0 bridgehead atoms. The van der Waals surface area contributed by atoms with E-state index in [4.69, 9.17) is 0 Å². The Labute approximate surface area is 146 Å². The normalized spacial score (nSPS) is 17.9. The molecule has 2 aromatic carbocycles. The lowest BCUT2D eigenvalue weighted by Gasteiger charge is -2.21. The highest BCUT2D eigenvalue weighted by Gasteiger charge is 2.19. The van der Waals surface area contributed by atoms with Crippen LogP contribution >= 0.6 is 0 Å². The van der Waals surface area contributed by atoms with Gasteiger partial charge in [-0.15, -0.1) is 0 Å². The quantitative estimate of drug-likeness (QED) is 0.768. The number of hydrogen-bond donors (Lipinski definition) is 2. The summed E-state index contributed by atoms with van der Waals surface area (Å²) in [5.74, 6) is 0.562. The van der Waals surface area contributed by atoms with Crippen molar-refractivity contribution in [1.29, 1.82) is 0 Å². The molecular formula is C20H22N4O. The molecule has 1 fully saturated rings. The van der Waals surface area contributed by atoms with Crippen molar-refractivity contribution in [2.75, 3.05) is 6.54 Å². The molecule has 5 nitrogen and oxygen atoms in total. The highest BCUT2D eigenvalue weighted by Crippen LogP contribution is 2.24. The lowest BCUT2D eigenvalue weighted by Crippen LogP contribution is -2.26. The van der Waals surface area contributed by atoms with E-state index in [1.54, 1.807) is 0 Å². The van der Waals surface area contributed by atoms with Crippen molar-refractivity contribution in [1.82, 2.24) is 20.1 Å². The van der Waals surface area contributed by atoms with Gasteiger partial charge in [0.1, 0.15) is 0 Å². The van der Waals surface area contributed by atoms with Crippen molar-refractivity contribution in [3.63, 3.8) is 0 Å². The standard InChI is InChI=1S/C20H22N4O/c1-14-3-2-12-24(14)13-15-4-6-16(7-5-15)17-8-10-18(11-9-17)19-21-20(25)23-22-19/h4-11,14H,2-3,12-13H2,1H3,(H2,21,22,23,25). The van der Waals surface area contributed by atoms with Crippen molar-refractivity contribution >= 4 is 0 Å². The van der Waals surface area contributed by atoms with E-state index >= 15 is 0 Å². The van der Waals surface area contributed by atoms with Crippen LogP contribution in [0.15, 0.2) is 53.3 Å². The minimum Gasteiger partial charge on any atom is -0.296 e. The van der Waals surface area contributed by atoms with Crippen LogP contribution in [0, 0.1) is 0 Å². The fraction of sp³-hybridized carbons (Fsp3) is 0.300. The maximum Gasteiger partial charge on any atom is 0.340 e. The van der Waals surface area contributed by atoms with Crippen LogP contribution in [0.4, 0.5) is 0 Å². The summed E-state index contributed by atoms with van der Waals surface area (Å²) in [6, 6.07) is 17.6. The second-order valence-corrected chi connectivity index (χ2v) is 6.76. The van der Waals surface area contributed by atoms with Gasteiger partial charge >= 0.3 is 5.69 Å². The first-order valence-corrected chi connectivity index (χ1v) is 8.77. The average Bonchev–Trinajstić information content (AvgIpc) is 3.25. The first-order chi connectivity index (χ1) is 12.2. The second-order valence-electron chi connectivity index (χ2n) is 6.76. The fourth-order valence-electron chi connectivity index (χ4n) is 3.49. The van der Waals surface area contributed by atoms with Gasteiger partial charge in [-0.1, -0.05) is 48.5 Å². The number of H-pyrrole nitrogens is 2. The van der Waals surface area contributed by atoms with E-state index in [0.29, 0.717) is 11.9 Å². The highest BCUT2D eigenvalue weighted by atomic mass is 16.1. The van der Waals surface area contributed by atoms with E-state index in [9.17, 15) is 4.79 Å². The van der Waals surface area contributed by atoms with Gasteiger partial charge in [0.15, 0.2) is 5.82 Å². The molecular weight excluding hydrogens is 312 g/mol. The second kappa shape index (κ2) is 6.69. The molecule has 1 aliphatic rings. The first-order valence-electron chi connectivity index (χ1n) is 8.77. The Morgan fingerprint density at radius 3 is 2.24 bits per heavy atom. The zero-order chi connectivity index (χ0) is 17.2. The molecule has 0 aliphatic carbocycles. The largest absolute Gasteiger partial charge is 0.340 e. The van der Waals surface area contributed by atoms with Crippen molar-refractivity contribution in [3.05, 3.63) is 64.6 Å². The topological polar surface area (TPSA) is 64.8 Å². The molecule has 5 heteroatoms. The number of rotatable bonds is 4. The third-order valence-corrected chi connectivity index (χ3v) is 5.02. The summed E-state index contributed by atoms with van der Waals surface area (Å²) in [4.78, 5) is 16.4. The number of nitrogens with one attached hydrogen (secondary N) is 2. The summed E-state index contributed by atoms with van der Waals surface area (Å²) in [5.41, 5.74) is 4.31. The Kier molecular flexibility index (Phi) is 4.24. The van der Waals surface area contributed by atoms with E-state index in [0.717, 1.165) is 17.7 Å². The van der Waals surface area contributed by atoms with Crippen LogP contribution in [-0.4, -0.2) is 32.7 Å². The summed E-state index contributed by atoms with van der Waals surface area (Å²) in [5, 5.41) is 6.34. The molecule has 4 rings (SSSR count). The Balaban J connectivity index is 1.49. The zero-order valence-corrected chi connectivity index (χ0v) is 14.3. The lowest BCUT2D eigenvalue weighted by atomic mass is 10.0.